The predicted octanol–water partition coefficient (Wildman–Crippen LogP) is 2.58. The van der Waals surface area contributed by atoms with Gasteiger partial charge in [-0.25, -0.2) is 14.4 Å². The highest BCUT2D eigenvalue weighted by Crippen LogP contribution is 2.30. The van der Waals surface area contributed by atoms with Crippen molar-refractivity contribution in [3.63, 3.8) is 0 Å². The zero-order valence-corrected chi connectivity index (χ0v) is 17.2. The zero-order chi connectivity index (χ0) is 22.1. The number of nitrogens with zero attached hydrogens (tertiary/aromatic N) is 4. The van der Waals surface area contributed by atoms with Crippen molar-refractivity contribution in [3.05, 3.63) is 65.9 Å². The van der Waals surface area contributed by atoms with Gasteiger partial charge in [0.05, 0.1) is 12.2 Å². The molecule has 2 amide bonds. The molecule has 2 N–H and O–H groups in total. The van der Waals surface area contributed by atoms with Gasteiger partial charge < -0.3 is 15.5 Å². The predicted molar refractivity (Wildman–Crippen MR) is 115 cm³/mol. The van der Waals surface area contributed by atoms with Gasteiger partial charge in [-0.05, 0) is 42.8 Å². The number of hydrogen-bond acceptors (Lipinski definition) is 6. The third-order valence-electron chi connectivity index (χ3n) is 5.69. The lowest BCUT2D eigenvalue weighted by atomic mass is 10.0. The smallest absolute Gasteiger partial charge is 0.245 e. The van der Waals surface area contributed by atoms with Gasteiger partial charge in [-0.15, -0.1) is 0 Å². The Hall–Kier alpha value is -3.88. The lowest BCUT2D eigenvalue weighted by molar-refractivity contribution is -0.135. The van der Waals surface area contributed by atoms with Gasteiger partial charge in [0, 0.05) is 48.6 Å². The first-order valence-corrected chi connectivity index (χ1v) is 10.5. The number of benzene rings is 1. The molecule has 8 nitrogen and oxygen atoms in total. The standard InChI is InChI=1S/C23H21FN6O2/c24-15-3-5-16(6-4-15)26-22-17-13-30(23(32)19-7-8-20(31)27-19)11-9-18(17)28-21(29-22)14-2-1-10-25-12-14/h1-6,10,12,19H,7-9,11,13H2,(H,27,31)(H,26,28,29)/t19-/m1/s1. The monoisotopic (exact) mass is 432 g/mol. The van der Waals surface area contributed by atoms with Crippen LogP contribution in [0.15, 0.2) is 48.8 Å². The Kier molecular flexibility index (Phi) is 5.22. The van der Waals surface area contributed by atoms with Crippen LogP contribution in [0, 0.1) is 5.82 Å². The number of anilines is 2. The van der Waals surface area contributed by atoms with E-state index in [-0.39, 0.29) is 17.6 Å². The van der Waals surface area contributed by atoms with E-state index in [1.807, 2.05) is 12.1 Å². The van der Waals surface area contributed by atoms with Crippen LogP contribution < -0.4 is 10.6 Å². The highest BCUT2D eigenvalue weighted by atomic mass is 19.1. The number of pyridine rings is 1. The van der Waals surface area contributed by atoms with Gasteiger partial charge in [-0.3, -0.25) is 14.6 Å². The third kappa shape index (κ3) is 4.01. The summed E-state index contributed by atoms with van der Waals surface area (Å²) < 4.78 is 13.4. The lowest BCUT2D eigenvalue weighted by Gasteiger charge is -2.31. The highest BCUT2D eigenvalue weighted by Gasteiger charge is 2.33. The fourth-order valence-corrected chi connectivity index (χ4v) is 4.02. The number of hydrogen-bond donors (Lipinski definition) is 2. The number of amides is 2. The largest absolute Gasteiger partial charge is 0.344 e. The lowest BCUT2D eigenvalue weighted by Crippen LogP contribution is -2.46. The molecule has 5 rings (SSSR count). The number of aromatic nitrogens is 3. The minimum Gasteiger partial charge on any atom is -0.344 e. The Bertz CT molecular complexity index is 1170. The minimum atomic E-state index is -0.479. The molecule has 2 aromatic heterocycles. The number of fused-ring (bicyclic) bond motifs is 1. The van der Waals surface area contributed by atoms with E-state index in [1.165, 1.54) is 12.1 Å². The van der Waals surface area contributed by atoms with Crippen LogP contribution in [0.4, 0.5) is 15.9 Å². The summed E-state index contributed by atoms with van der Waals surface area (Å²) in [6.45, 7) is 0.842. The fraction of sp³-hybridized carbons (Fsp3) is 0.261. The molecule has 3 aromatic rings. The van der Waals surface area contributed by atoms with Crippen molar-refractivity contribution in [2.75, 3.05) is 11.9 Å². The first-order valence-electron chi connectivity index (χ1n) is 10.5. The van der Waals surface area contributed by atoms with Crippen LogP contribution in [0.25, 0.3) is 11.4 Å². The molecule has 4 heterocycles. The van der Waals surface area contributed by atoms with Crippen LogP contribution in [0.3, 0.4) is 0 Å². The van der Waals surface area contributed by atoms with Crippen LogP contribution in [0.5, 0.6) is 0 Å². The van der Waals surface area contributed by atoms with E-state index < -0.39 is 6.04 Å². The van der Waals surface area contributed by atoms with E-state index in [4.69, 9.17) is 9.97 Å². The van der Waals surface area contributed by atoms with Crippen LogP contribution in [0.1, 0.15) is 24.1 Å². The van der Waals surface area contributed by atoms with Crippen molar-refractivity contribution < 1.29 is 14.0 Å². The highest BCUT2D eigenvalue weighted by molar-refractivity contribution is 5.91. The van der Waals surface area contributed by atoms with E-state index in [0.717, 1.165) is 16.8 Å². The van der Waals surface area contributed by atoms with Crippen molar-refractivity contribution in [1.29, 1.82) is 0 Å². The normalized spacial score (nSPS) is 17.6. The summed E-state index contributed by atoms with van der Waals surface area (Å²) in [5.74, 6) is 0.582. The van der Waals surface area contributed by atoms with Crippen molar-refractivity contribution in [3.8, 4) is 11.4 Å². The Morgan fingerprint density at radius 1 is 1.16 bits per heavy atom. The molecule has 1 aromatic carbocycles. The Balaban J connectivity index is 1.49. The summed E-state index contributed by atoms with van der Waals surface area (Å²) >= 11 is 0. The number of carbonyl (C=O) groups is 2. The second-order valence-corrected chi connectivity index (χ2v) is 7.86. The summed E-state index contributed by atoms with van der Waals surface area (Å²) in [5, 5.41) is 6.01. The Labute approximate surface area is 183 Å². The van der Waals surface area contributed by atoms with Crippen LogP contribution in [-0.4, -0.2) is 44.3 Å². The zero-order valence-electron chi connectivity index (χ0n) is 17.2. The molecule has 1 atom stereocenters. The maximum Gasteiger partial charge on any atom is 0.245 e. The van der Waals surface area contributed by atoms with Gasteiger partial charge in [0.2, 0.25) is 11.8 Å². The van der Waals surface area contributed by atoms with Gasteiger partial charge in [0.25, 0.3) is 0 Å². The molecule has 1 fully saturated rings. The average Bonchev–Trinajstić information content (AvgIpc) is 3.26. The topological polar surface area (TPSA) is 100 Å². The average molecular weight is 432 g/mol. The van der Waals surface area contributed by atoms with Crippen molar-refractivity contribution >= 4 is 23.3 Å². The number of rotatable bonds is 4. The molecule has 0 radical (unpaired) electrons. The number of nitrogens with one attached hydrogen (secondary N) is 2. The van der Waals surface area contributed by atoms with Gasteiger partial charge in [-0.2, -0.15) is 0 Å². The van der Waals surface area contributed by atoms with Gasteiger partial charge >= 0.3 is 0 Å². The number of carbonyl (C=O) groups excluding carboxylic acids is 2. The number of halogens is 1. The van der Waals surface area contributed by atoms with E-state index in [9.17, 15) is 14.0 Å². The quantitative estimate of drug-likeness (QED) is 0.657. The van der Waals surface area contributed by atoms with Gasteiger partial charge in [0.1, 0.15) is 17.7 Å². The summed E-state index contributed by atoms with van der Waals surface area (Å²) in [6, 6.07) is 9.24. The molecule has 1 saturated heterocycles. The van der Waals surface area contributed by atoms with E-state index in [0.29, 0.717) is 49.7 Å². The van der Waals surface area contributed by atoms with E-state index in [1.54, 1.807) is 29.4 Å². The van der Waals surface area contributed by atoms with Crippen LogP contribution in [-0.2, 0) is 22.6 Å². The first-order chi connectivity index (χ1) is 15.6. The van der Waals surface area contributed by atoms with Gasteiger partial charge in [0.15, 0.2) is 5.82 Å². The molecule has 32 heavy (non-hydrogen) atoms. The molecule has 9 heteroatoms. The summed E-state index contributed by atoms with van der Waals surface area (Å²) in [5.41, 5.74) is 3.12. The van der Waals surface area contributed by atoms with Crippen molar-refractivity contribution in [2.24, 2.45) is 0 Å². The molecule has 0 bridgehead atoms. The SMILES string of the molecule is O=C1CC[C@H](C(=O)N2CCc3nc(-c4cccnc4)nc(Nc4ccc(F)cc4)c3C2)N1. The fourth-order valence-electron chi connectivity index (χ4n) is 4.02. The molecule has 0 unspecified atom stereocenters. The molecule has 2 aliphatic rings. The summed E-state index contributed by atoms with van der Waals surface area (Å²) in [4.78, 5) is 39.8. The molecular weight excluding hydrogens is 411 g/mol. The Morgan fingerprint density at radius 2 is 2.00 bits per heavy atom. The molecule has 2 aliphatic heterocycles. The van der Waals surface area contributed by atoms with Crippen molar-refractivity contribution in [1.82, 2.24) is 25.2 Å². The summed E-state index contributed by atoms with van der Waals surface area (Å²) in [7, 11) is 0. The minimum absolute atomic E-state index is 0.0921. The Morgan fingerprint density at radius 3 is 2.72 bits per heavy atom. The second-order valence-electron chi connectivity index (χ2n) is 7.86. The maximum absolute atomic E-state index is 13.4. The molecule has 0 saturated carbocycles. The van der Waals surface area contributed by atoms with Crippen LogP contribution >= 0.6 is 0 Å². The molecule has 0 aliphatic carbocycles. The van der Waals surface area contributed by atoms with E-state index in [2.05, 4.69) is 15.6 Å². The molecular formula is C23H21FN6O2. The summed E-state index contributed by atoms with van der Waals surface area (Å²) in [6.07, 6.45) is 4.83. The maximum atomic E-state index is 13.4. The molecule has 0 spiro atoms. The van der Waals surface area contributed by atoms with E-state index >= 15 is 0 Å². The third-order valence-corrected chi connectivity index (χ3v) is 5.69. The second kappa shape index (κ2) is 8.33. The van der Waals surface area contributed by atoms with Gasteiger partial charge in [-0.1, -0.05) is 0 Å². The van der Waals surface area contributed by atoms with Crippen molar-refractivity contribution in [2.45, 2.75) is 31.8 Å². The first kappa shape index (κ1) is 20.0. The molecule has 162 valence electrons. The van der Waals surface area contributed by atoms with Crippen LogP contribution in [0.2, 0.25) is 0 Å².